The quantitative estimate of drug-likeness (QED) is 0.247. The highest BCUT2D eigenvalue weighted by Crippen LogP contribution is 2.31. The van der Waals surface area contributed by atoms with Crippen molar-refractivity contribution in [3.8, 4) is 11.5 Å². The van der Waals surface area contributed by atoms with E-state index < -0.39 is 36.1 Å². The summed E-state index contributed by atoms with van der Waals surface area (Å²) in [5.74, 6) is -1.70. The van der Waals surface area contributed by atoms with Crippen molar-refractivity contribution in [1.82, 2.24) is 0 Å². The van der Waals surface area contributed by atoms with Gasteiger partial charge in [0.25, 0.3) is 0 Å². The Hall–Kier alpha value is -3.54. The van der Waals surface area contributed by atoms with Crippen LogP contribution in [0.4, 0.5) is 14.4 Å². The highest BCUT2D eigenvalue weighted by molar-refractivity contribution is 5.79. The summed E-state index contributed by atoms with van der Waals surface area (Å²) in [4.78, 5) is 47.6. The molecule has 0 aliphatic heterocycles. The number of carboxylic acids is 1. The number of aliphatic carboxylic acids is 1. The number of rotatable bonds is 11. The molecule has 202 valence electrons. The van der Waals surface area contributed by atoms with E-state index in [9.17, 15) is 24.3 Å². The van der Waals surface area contributed by atoms with Gasteiger partial charge < -0.3 is 39.3 Å². The van der Waals surface area contributed by atoms with Crippen LogP contribution in [0.1, 0.15) is 53.5 Å². The summed E-state index contributed by atoms with van der Waals surface area (Å²) in [6.45, 7) is 10.5. The summed E-state index contributed by atoms with van der Waals surface area (Å²) < 4.78 is 29.8. The van der Waals surface area contributed by atoms with E-state index in [0.717, 1.165) is 0 Å². The Kier molecular flexibility index (Phi) is 11.5. The Morgan fingerprint density at radius 3 is 1.97 bits per heavy atom. The average Bonchev–Trinajstić information content (AvgIpc) is 2.73. The van der Waals surface area contributed by atoms with Crippen LogP contribution in [0.25, 0.3) is 0 Å². The molecule has 0 aliphatic carbocycles. The van der Waals surface area contributed by atoms with E-state index in [1.54, 1.807) is 13.8 Å². The molecular weight excluding hydrogens is 478 g/mol. The minimum Gasteiger partial charge on any atom is -0.480 e. The first-order valence-corrected chi connectivity index (χ1v) is 11.4. The van der Waals surface area contributed by atoms with Crippen molar-refractivity contribution in [3.63, 3.8) is 0 Å². The van der Waals surface area contributed by atoms with Crippen LogP contribution < -0.4 is 15.2 Å². The molecule has 0 aromatic heterocycles. The van der Waals surface area contributed by atoms with Crippen LogP contribution in [0.2, 0.25) is 0 Å². The summed E-state index contributed by atoms with van der Waals surface area (Å²) in [6, 6.07) is 4.03. The molecule has 36 heavy (non-hydrogen) atoms. The number of carbonyl (C=O) groups excluding carboxylic acids is 3. The summed E-state index contributed by atoms with van der Waals surface area (Å²) >= 11 is 0. The second kappa shape index (κ2) is 13.5. The van der Waals surface area contributed by atoms with E-state index in [1.807, 2.05) is 20.8 Å². The maximum Gasteiger partial charge on any atom is 0.513 e. The average molecular weight is 514 g/mol. The molecule has 0 aliphatic rings. The van der Waals surface area contributed by atoms with Gasteiger partial charge in [0.05, 0.1) is 19.8 Å². The fourth-order valence-corrected chi connectivity index (χ4v) is 2.93. The van der Waals surface area contributed by atoms with Crippen LogP contribution in [0.15, 0.2) is 18.2 Å². The SMILES string of the molecule is CCOC(=O)Oc1ccc(CC(N)(C[C@H](C)OC(=O)OCC(C)(C)C)C(=O)O)cc1OC(=O)OCC. The molecule has 1 rings (SSSR count). The van der Waals surface area contributed by atoms with Gasteiger partial charge in [0.1, 0.15) is 11.6 Å². The molecule has 3 N–H and O–H groups in total. The smallest absolute Gasteiger partial charge is 0.480 e. The molecule has 0 fully saturated rings. The van der Waals surface area contributed by atoms with Crippen molar-refractivity contribution in [2.75, 3.05) is 19.8 Å². The highest BCUT2D eigenvalue weighted by atomic mass is 16.7. The molecule has 0 saturated carbocycles. The number of hydrogen-bond donors (Lipinski definition) is 2. The molecule has 1 aromatic carbocycles. The van der Waals surface area contributed by atoms with E-state index >= 15 is 0 Å². The minimum absolute atomic E-state index is 0.0353. The van der Waals surface area contributed by atoms with Gasteiger partial charge in [-0.1, -0.05) is 26.8 Å². The molecule has 0 amide bonds. The first-order valence-electron chi connectivity index (χ1n) is 11.4. The molecule has 2 atom stereocenters. The van der Waals surface area contributed by atoms with Crippen LogP contribution in [-0.4, -0.2) is 61.0 Å². The van der Waals surface area contributed by atoms with Crippen LogP contribution in [0.3, 0.4) is 0 Å². The lowest BCUT2D eigenvalue weighted by atomic mass is 9.86. The number of nitrogens with two attached hydrogens (primary N) is 1. The van der Waals surface area contributed by atoms with Crippen LogP contribution in [-0.2, 0) is 30.2 Å². The Labute approximate surface area is 209 Å². The van der Waals surface area contributed by atoms with Crippen molar-refractivity contribution in [1.29, 1.82) is 0 Å². The molecule has 12 nitrogen and oxygen atoms in total. The number of carboxylic acid groups (broad SMARTS) is 1. The van der Waals surface area contributed by atoms with Gasteiger partial charge in [-0.25, -0.2) is 14.4 Å². The van der Waals surface area contributed by atoms with E-state index in [4.69, 9.17) is 34.2 Å². The van der Waals surface area contributed by atoms with E-state index in [0.29, 0.717) is 5.56 Å². The van der Waals surface area contributed by atoms with E-state index in [2.05, 4.69) is 0 Å². The monoisotopic (exact) mass is 513 g/mol. The normalized spacial score (nSPS) is 13.5. The largest absolute Gasteiger partial charge is 0.513 e. The lowest BCUT2D eigenvalue weighted by molar-refractivity contribution is -0.144. The zero-order chi connectivity index (χ0) is 27.5. The Morgan fingerprint density at radius 2 is 1.47 bits per heavy atom. The first kappa shape index (κ1) is 30.5. The molecule has 1 unspecified atom stereocenters. The second-order valence-electron chi connectivity index (χ2n) is 9.22. The minimum atomic E-state index is -1.87. The van der Waals surface area contributed by atoms with Gasteiger partial charge in [-0.3, -0.25) is 4.79 Å². The van der Waals surface area contributed by atoms with E-state index in [-0.39, 0.29) is 49.6 Å². The van der Waals surface area contributed by atoms with Crippen LogP contribution >= 0.6 is 0 Å². The Bertz CT molecular complexity index is 925. The van der Waals surface area contributed by atoms with E-state index in [1.165, 1.54) is 25.1 Å². The lowest BCUT2D eigenvalue weighted by Gasteiger charge is -2.28. The predicted octanol–water partition coefficient (Wildman–Crippen LogP) is 4.06. The fraction of sp³-hybridized carbons (Fsp3) is 0.583. The van der Waals surface area contributed by atoms with Gasteiger partial charge in [-0.05, 0) is 43.9 Å². The van der Waals surface area contributed by atoms with Gasteiger partial charge >= 0.3 is 24.4 Å². The molecule has 1 aromatic rings. The number of hydrogen-bond acceptors (Lipinski definition) is 11. The van der Waals surface area contributed by atoms with Crippen molar-refractivity contribution >= 4 is 24.4 Å². The van der Waals surface area contributed by atoms with Crippen LogP contribution in [0.5, 0.6) is 11.5 Å². The Morgan fingerprint density at radius 1 is 0.917 bits per heavy atom. The zero-order valence-corrected chi connectivity index (χ0v) is 21.5. The number of benzene rings is 1. The topological polar surface area (TPSA) is 170 Å². The standard InChI is InChI=1S/C24H35NO11/c1-7-31-20(28)35-17-10-9-16(11-18(17)36-21(29)32-8-2)13-24(25,19(26)27)12-15(3)34-22(30)33-14-23(4,5)6/h9-11,15H,7-8,12-14,25H2,1-6H3,(H,26,27)/t15-,24?/m0/s1. The predicted molar refractivity (Wildman–Crippen MR) is 126 cm³/mol. The molecule has 0 radical (unpaired) electrons. The maximum atomic E-state index is 12.0. The van der Waals surface area contributed by atoms with Crippen LogP contribution in [0, 0.1) is 5.41 Å². The van der Waals surface area contributed by atoms with Crippen molar-refractivity contribution < 1.29 is 52.7 Å². The molecule has 0 heterocycles. The summed E-state index contributed by atoms with van der Waals surface area (Å²) in [5.41, 5.74) is 4.37. The molecule has 0 bridgehead atoms. The van der Waals surface area contributed by atoms with Crippen molar-refractivity contribution in [2.24, 2.45) is 11.1 Å². The van der Waals surface area contributed by atoms with Crippen molar-refractivity contribution in [3.05, 3.63) is 23.8 Å². The number of carbonyl (C=O) groups is 4. The summed E-state index contributed by atoms with van der Waals surface area (Å²) in [7, 11) is 0. The van der Waals surface area contributed by atoms with Crippen molar-refractivity contribution in [2.45, 2.75) is 66.0 Å². The van der Waals surface area contributed by atoms with Gasteiger partial charge in [0.15, 0.2) is 11.5 Å². The molecular formula is C24H35NO11. The summed E-state index contributed by atoms with van der Waals surface area (Å²) in [6.07, 6.45) is -4.40. The van der Waals surface area contributed by atoms with Gasteiger partial charge in [-0.2, -0.15) is 0 Å². The Balaban J connectivity index is 3.07. The molecule has 0 saturated heterocycles. The third kappa shape index (κ3) is 10.8. The third-order valence-electron chi connectivity index (χ3n) is 4.44. The second-order valence-corrected chi connectivity index (χ2v) is 9.22. The highest BCUT2D eigenvalue weighted by Gasteiger charge is 2.37. The fourth-order valence-electron chi connectivity index (χ4n) is 2.93. The van der Waals surface area contributed by atoms with Gasteiger partial charge in [-0.15, -0.1) is 0 Å². The number of ether oxygens (including phenoxy) is 6. The van der Waals surface area contributed by atoms with Gasteiger partial charge in [0.2, 0.25) is 0 Å². The summed E-state index contributed by atoms with van der Waals surface area (Å²) in [5, 5.41) is 9.82. The molecule has 12 heteroatoms. The third-order valence-corrected chi connectivity index (χ3v) is 4.44. The first-order chi connectivity index (χ1) is 16.7. The zero-order valence-electron chi connectivity index (χ0n) is 21.5. The molecule has 0 spiro atoms. The maximum absolute atomic E-state index is 12.0. The lowest BCUT2D eigenvalue weighted by Crippen LogP contribution is -2.52. The van der Waals surface area contributed by atoms with Gasteiger partial charge in [0, 0.05) is 12.8 Å².